The average molecular weight is 288 g/mol. The van der Waals surface area contributed by atoms with Gasteiger partial charge in [0, 0.05) is 7.05 Å². The molecule has 0 saturated carbocycles. The van der Waals surface area contributed by atoms with Gasteiger partial charge in [-0.15, -0.1) is 0 Å². The SMILES string of the molecule is CCCCS(=O)(=O)N[C@H](CC(C)C)c1ncnn1C. The van der Waals surface area contributed by atoms with Gasteiger partial charge in [0.15, 0.2) is 0 Å². The lowest BCUT2D eigenvalue weighted by Crippen LogP contribution is -2.33. The summed E-state index contributed by atoms with van der Waals surface area (Å²) in [4.78, 5) is 4.16. The van der Waals surface area contributed by atoms with Gasteiger partial charge in [0.2, 0.25) is 10.0 Å². The second-order valence-corrected chi connectivity index (χ2v) is 7.09. The van der Waals surface area contributed by atoms with E-state index in [1.54, 1.807) is 11.7 Å². The monoisotopic (exact) mass is 288 g/mol. The van der Waals surface area contributed by atoms with Crippen LogP contribution >= 0.6 is 0 Å². The van der Waals surface area contributed by atoms with E-state index in [1.807, 2.05) is 6.92 Å². The molecule has 110 valence electrons. The summed E-state index contributed by atoms with van der Waals surface area (Å²) >= 11 is 0. The normalized spacial score (nSPS) is 13.9. The minimum atomic E-state index is -3.26. The number of unbranched alkanes of at least 4 members (excludes halogenated alkanes) is 1. The average Bonchev–Trinajstić information content (AvgIpc) is 2.71. The van der Waals surface area contributed by atoms with Crippen LogP contribution in [0.5, 0.6) is 0 Å². The van der Waals surface area contributed by atoms with Crippen molar-refractivity contribution in [3.8, 4) is 0 Å². The summed E-state index contributed by atoms with van der Waals surface area (Å²) in [7, 11) is -1.49. The first-order valence-electron chi connectivity index (χ1n) is 6.69. The van der Waals surface area contributed by atoms with Gasteiger partial charge in [-0.2, -0.15) is 5.10 Å². The van der Waals surface area contributed by atoms with Crippen molar-refractivity contribution in [1.82, 2.24) is 19.5 Å². The smallest absolute Gasteiger partial charge is 0.212 e. The Hall–Kier alpha value is -0.950. The van der Waals surface area contributed by atoms with Crippen LogP contribution in [0.4, 0.5) is 0 Å². The van der Waals surface area contributed by atoms with Gasteiger partial charge in [0.1, 0.15) is 12.2 Å². The summed E-state index contributed by atoms with van der Waals surface area (Å²) in [5.74, 6) is 1.19. The van der Waals surface area contributed by atoms with Gasteiger partial charge in [-0.25, -0.2) is 18.1 Å². The standard InChI is InChI=1S/C12H24N4O2S/c1-5-6-7-19(17,18)15-11(8-10(2)3)12-13-9-14-16(12)4/h9-11,15H,5-8H2,1-4H3/t11-/m1/s1. The molecule has 0 radical (unpaired) electrons. The Morgan fingerprint density at radius 3 is 2.58 bits per heavy atom. The molecule has 0 spiro atoms. The molecule has 1 atom stereocenters. The summed E-state index contributed by atoms with van der Waals surface area (Å²) < 4.78 is 28.4. The van der Waals surface area contributed by atoms with Crippen molar-refractivity contribution < 1.29 is 8.42 Å². The molecular weight excluding hydrogens is 264 g/mol. The molecule has 1 rings (SSSR count). The van der Waals surface area contributed by atoms with Crippen LogP contribution in [0.25, 0.3) is 0 Å². The zero-order valence-electron chi connectivity index (χ0n) is 12.1. The summed E-state index contributed by atoms with van der Waals surface area (Å²) in [6.45, 7) is 6.09. The Labute approximate surface area is 115 Å². The van der Waals surface area contributed by atoms with Crippen LogP contribution in [0.2, 0.25) is 0 Å². The molecule has 1 aromatic heterocycles. The molecule has 1 heterocycles. The van der Waals surface area contributed by atoms with Gasteiger partial charge in [-0.3, -0.25) is 4.68 Å². The van der Waals surface area contributed by atoms with Crippen molar-refractivity contribution in [2.75, 3.05) is 5.75 Å². The van der Waals surface area contributed by atoms with Crippen molar-refractivity contribution in [3.05, 3.63) is 12.2 Å². The summed E-state index contributed by atoms with van der Waals surface area (Å²) in [5, 5.41) is 4.01. The molecule has 0 saturated heterocycles. The molecule has 7 heteroatoms. The Kier molecular flexibility index (Phi) is 5.93. The number of rotatable bonds is 8. The van der Waals surface area contributed by atoms with Crippen molar-refractivity contribution in [2.45, 2.75) is 46.1 Å². The number of nitrogens with zero attached hydrogens (tertiary/aromatic N) is 3. The lowest BCUT2D eigenvalue weighted by atomic mass is 10.0. The second kappa shape index (κ2) is 7.00. The highest BCUT2D eigenvalue weighted by molar-refractivity contribution is 7.89. The van der Waals surface area contributed by atoms with Gasteiger partial charge in [-0.05, 0) is 18.8 Å². The molecule has 1 N–H and O–H groups in total. The molecule has 0 amide bonds. The summed E-state index contributed by atoms with van der Waals surface area (Å²) in [6, 6.07) is -0.311. The fourth-order valence-electron chi connectivity index (χ4n) is 1.91. The maximum Gasteiger partial charge on any atom is 0.212 e. The van der Waals surface area contributed by atoms with Gasteiger partial charge < -0.3 is 0 Å². The van der Waals surface area contributed by atoms with Gasteiger partial charge in [0.25, 0.3) is 0 Å². The second-order valence-electron chi connectivity index (χ2n) is 5.21. The van der Waals surface area contributed by atoms with Crippen LogP contribution in [0.3, 0.4) is 0 Å². The number of hydrogen-bond acceptors (Lipinski definition) is 4. The van der Waals surface area contributed by atoms with Gasteiger partial charge in [0.05, 0.1) is 11.8 Å². The van der Waals surface area contributed by atoms with Crippen LogP contribution in [-0.4, -0.2) is 28.9 Å². The topological polar surface area (TPSA) is 76.9 Å². The highest BCUT2D eigenvalue weighted by Gasteiger charge is 2.23. The molecule has 0 bridgehead atoms. The quantitative estimate of drug-likeness (QED) is 0.788. The number of aromatic nitrogens is 3. The van der Waals surface area contributed by atoms with Crippen LogP contribution in [-0.2, 0) is 17.1 Å². The van der Waals surface area contributed by atoms with E-state index in [0.717, 1.165) is 6.42 Å². The van der Waals surface area contributed by atoms with Gasteiger partial charge >= 0.3 is 0 Å². The van der Waals surface area contributed by atoms with Crippen molar-refractivity contribution >= 4 is 10.0 Å². The molecular formula is C12H24N4O2S. The zero-order chi connectivity index (χ0) is 14.5. The van der Waals surface area contributed by atoms with E-state index in [4.69, 9.17) is 0 Å². The van der Waals surface area contributed by atoms with E-state index >= 15 is 0 Å². The molecule has 19 heavy (non-hydrogen) atoms. The number of hydrogen-bond donors (Lipinski definition) is 1. The van der Waals surface area contributed by atoms with E-state index in [2.05, 4.69) is 28.7 Å². The first-order chi connectivity index (χ1) is 8.85. The molecule has 0 aliphatic carbocycles. The van der Waals surface area contributed by atoms with Gasteiger partial charge in [-0.1, -0.05) is 27.2 Å². The minimum Gasteiger partial charge on any atom is -0.252 e. The van der Waals surface area contributed by atoms with E-state index in [9.17, 15) is 8.42 Å². The third kappa shape index (κ3) is 5.28. The van der Waals surface area contributed by atoms with E-state index in [1.165, 1.54) is 6.33 Å². The number of nitrogens with one attached hydrogen (secondary N) is 1. The Morgan fingerprint density at radius 2 is 2.11 bits per heavy atom. The first-order valence-corrected chi connectivity index (χ1v) is 8.34. The van der Waals surface area contributed by atoms with Crippen LogP contribution in [0.1, 0.15) is 51.9 Å². The highest BCUT2D eigenvalue weighted by Crippen LogP contribution is 2.20. The van der Waals surface area contributed by atoms with Crippen LogP contribution < -0.4 is 4.72 Å². The van der Waals surface area contributed by atoms with Crippen molar-refractivity contribution in [3.63, 3.8) is 0 Å². The Morgan fingerprint density at radius 1 is 1.42 bits per heavy atom. The Bertz CT molecular complexity index is 482. The Balaban J connectivity index is 2.84. The van der Waals surface area contributed by atoms with E-state index in [-0.39, 0.29) is 11.8 Å². The van der Waals surface area contributed by atoms with Crippen molar-refractivity contribution in [1.29, 1.82) is 0 Å². The number of aryl methyl sites for hydroxylation is 1. The summed E-state index contributed by atoms with van der Waals surface area (Å²) in [6.07, 6.45) is 3.68. The minimum absolute atomic E-state index is 0.163. The van der Waals surface area contributed by atoms with E-state index < -0.39 is 10.0 Å². The van der Waals surface area contributed by atoms with Crippen LogP contribution in [0, 0.1) is 5.92 Å². The number of sulfonamides is 1. The third-order valence-corrected chi connectivity index (χ3v) is 4.32. The predicted octanol–water partition coefficient (Wildman–Crippen LogP) is 1.62. The zero-order valence-corrected chi connectivity index (χ0v) is 12.9. The van der Waals surface area contributed by atoms with Crippen molar-refractivity contribution in [2.24, 2.45) is 13.0 Å². The molecule has 0 aromatic carbocycles. The maximum absolute atomic E-state index is 12.0. The molecule has 0 unspecified atom stereocenters. The fourth-order valence-corrected chi connectivity index (χ4v) is 3.33. The fraction of sp³-hybridized carbons (Fsp3) is 0.833. The maximum atomic E-state index is 12.0. The largest absolute Gasteiger partial charge is 0.252 e. The highest BCUT2D eigenvalue weighted by atomic mass is 32.2. The molecule has 6 nitrogen and oxygen atoms in total. The molecule has 0 aliphatic heterocycles. The predicted molar refractivity (Wildman–Crippen MR) is 75.0 cm³/mol. The van der Waals surface area contributed by atoms with Crippen LogP contribution in [0.15, 0.2) is 6.33 Å². The molecule has 0 aliphatic rings. The third-order valence-electron chi connectivity index (χ3n) is 2.85. The molecule has 0 fully saturated rings. The van der Waals surface area contributed by atoms with E-state index in [0.29, 0.717) is 24.6 Å². The molecule has 1 aromatic rings. The lowest BCUT2D eigenvalue weighted by Gasteiger charge is -2.19. The first kappa shape index (κ1) is 16.1. The summed E-state index contributed by atoms with van der Waals surface area (Å²) in [5.41, 5.74) is 0. The lowest BCUT2D eigenvalue weighted by molar-refractivity contribution is 0.443.